The fourth-order valence-corrected chi connectivity index (χ4v) is 6.64. The Morgan fingerprint density at radius 3 is 2.31 bits per heavy atom. The Labute approximate surface area is 190 Å². The third-order valence-corrected chi connectivity index (χ3v) is 7.77. The predicted molar refractivity (Wildman–Crippen MR) is 124 cm³/mol. The van der Waals surface area contributed by atoms with E-state index in [0.717, 1.165) is 37.0 Å². The van der Waals surface area contributed by atoms with Crippen molar-refractivity contribution in [3.63, 3.8) is 0 Å². The second-order valence-corrected chi connectivity index (χ2v) is 10.4. The number of hydrogen-bond donors (Lipinski definition) is 1. The molecule has 0 saturated heterocycles. The minimum absolute atomic E-state index is 0.161. The highest BCUT2D eigenvalue weighted by Gasteiger charge is 2.54. The lowest BCUT2D eigenvalue weighted by atomic mass is 9.49. The number of benzene rings is 1. The smallest absolute Gasteiger partial charge is 0.249 e. The standard InChI is InChI=1S/C27H33N3O2/c1-19-5-7-20(8-6-19)18-30-11-3-2-4-24(30)29-25(31)9-10-28-26(32)27-15-21-12-22(16-27)14-23(13-21)17-27/h2-8,11,21-23H,9-10,12-18H2,1H3,(H,28,32). The molecular weight excluding hydrogens is 398 g/mol. The molecular formula is C27H33N3O2. The lowest BCUT2D eigenvalue weighted by Gasteiger charge is -2.55. The topological polar surface area (TPSA) is 63.5 Å². The number of carbonyl (C=O) groups excluding carboxylic acids is 2. The molecule has 6 rings (SSSR count). The van der Waals surface area contributed by atoms with E-state index in [1.807, 2.05) is 29.0 Å². The summed E-state index contributed by atoms with van der Waals surface area (Å²) in [5, 5.41) is 3.09. The van der Waals surface area contributed by atoms with Gasteiger partial charge in [-0.1, -0.05) is 35.9 Å². The van der Waals surface area contributed by atoms with Crippen molar-refractivity contribution < 1.29 is 9.59 Å². The molecule has 2 amide bonds. The van der Waals surface area contributed by atoms with Crippen molar-refractivity contribution in [3.05, 3.63) is 65.3 Å². The van der Waals surface area contributed by atoms with Gasteiger partial charge in [-0.3, -0.25) is 9.59 Å². The Hall–Kier alpha value is -2.69. The summed E-state index contributed by atoms with van der Waals surface area (Å²) in [5.41, 5.74) is 2.87. The van der Waals surface area contributed by atoms with E-state index >= 15 is 0 Å². The number of pyridine rings is 1. The third kappa shape index (κ3) is 4.43. The van der Waals surface area contributed by atoms with Gasteiger partial charge in [-0.05, 0) is 80.9 Å². The second-order valence-electron chi connectivity index (χ2n) is 10.4. The number of carbonyl (C=O) groups is 2. The van der Waals surface area contributed by atoms with Crippen LogP contribution in [0.5, 0.6) is 0 Å². The average molecular weight is 432 g/mol. The van der Waals surface area contributed by atoms with E-state index in [1.165, 1.54) is 30.4 Å². The molecule has 4 aliphatic carbocycles. The summed E-state index contributed by atoms with van der Waals surface area (Å²) >= 11 is 0. The lowest BCUT2D eigenvalue weighted by molar-refractivity contribution is -0.146. The predicted octanol–water partition coefficient (Wildman–Crippen LogP) is 3.99. The molecule has 4 bridgehead atoms. The van der Waals surface area contributed by atoms with Crippen LogP contribution in [0.25, 0.3) is 0 Å². The van der Waals surface area contributed by atoms with Crippen molar-refractivity contribution in [1.82, 2.24) is 9.88 Å². The van der Waals surface area contributed by atoms with Crippen LogP contribution in [0, 0.1) is 30.1 Å². The fourth-order valence-electron chi connectivity index (χ4n) is 6.64. The number of aromatic nitrogens is 1. The molecule has 1 aromatic heterocycles. The summed E-state index contributed by atoms with van der Waals surface area (Å²) in [6.45, 7) is 3.10. The van der Waals surface area contributed by atoms with Crippen molar-refractivity contribution in [2.45, 2.75) is 58.4 Å². The van der Waals surface area contributed by atoms with Crippen LogP contribution in [0.1, 0.15) is 56.1 Å². The highest BCUT2D eigenvalue weighted by molar-refractivity contribution is 5.84. The number of rotatable bonds is 6. The van der Waals surface area contributed by atoms with Gasteiger partial charge in [0.15, 0.2) is 0 Å². The van der Waals surface area contributed by atoms with E-state index < -0.39 is 0 Å². The Balaban J connectivity index is 1.19. The molecule has 0 spiro atoms. The minimum atomic E-state index is -0.195. The van der Waals surface area contributed by atoms with Crippen molar-refractivity contribution in [3.8, 4) is 0 Å². The zero-order chi connectivity index (χ0) is 22.1. The molecule has 1 heterocycles. The summed E-state index contributed by atoms with van der Waals surface area (Å²) in [6.07, 6.45) is 9.29. The molecule has 4 aliphatic rings. The quantitative estimate of drug-likeness (QED) is 0.752. The number of hydrogen-bond acceptors (Lipinski definition) is 2. The lowest BCUT2D eigenvalue weighted by Crippen LogP contribution is -2.53. The maximum Gasteiger partial charge on any atom is 0.249 e. The molecule has 0 atom stereocenters. The monoisotopic (exact) mass is 431 g/mol. The SMILES string of the molecule is Cc1ccc(Cn2ccccc2=NC(=O)CCNC(=O)C23CC4CC(CC(C4)C2)C3)cc1. The number of amides is 2. The van der Waals surface area contributed by atoms with Gasteiger partial charge in [0.25, 0.3) is 0 Å². The fraction of sp³-hybridized carbons (Fsp3) is 0.519. The van der Waals surface area contributed by atoms with Gasteiger partial charge in [0.2, 0.25) is 11.8 Å². The average Bonchev–Trinajstić information content (AvgIpc) is 2.76. The van der Waals surface area contributed by atoms with Gasteiger partial charge >= 0.3 is 0 Å². The summed E-state index contributed by atoms with van der Waals surface area (Å²) < 4.78 is 1.98. The first kappa shape index (κ1) is 21.2. The van der Waals surface area contributed by atoms with Gasteiger partial charge in [0, 0.05) is 31.1 Å². The molecule has 32 heavy (non-hydrogen) atoms. The van der Waals surface area contributed by atoms with E-state index in [2.05, 4.69) is 41.5 Å². The van der Waals surface area contributed by atoms with Gasteiger partial charge in [0.05, 0.1) is 0 Å². The third-order valence-electron chi connectivity index (χ3n) is 7.77. The van der Waals surface area contributed by atoms with Crippen molar-refractivity contribution in [2.24, 2.45) is 28.2 Å². The Morgan fingerprint density at radius 2 is 1.66 bits per heavy atom. The summed E-state index contributed by atoms with van der Waals surface area (Å²) in [7, 11) is 0. The first-order chi connectivity index (χ1) is 15.5. The summed E-state index contributed by atoms with van der Waals surface area (Å²) in [6, 6.07) is 14.1. The number of nitrogens with one attached hydrogen (secondary N) is 1. The molecule has 1 aromatic carbocycles. The van der Waals surface area contributed by atoms with Crippen molar-refractivity contribution in [1.29, 1.82) is 0 Å². The summed E-state index contributed by atoms with van der Waals surface area (Å²) in [5.74, 6) is 2.21. The molecule has 4 saturated carbocycles. The molecule has 1 N–H and O–H groups in total. The van der Waals surface area contributed by atoms with Crippen LogP contribution in [0.2, 0.25) is 0 Å². The van der Waals surface area contributed by atoms with Crippen molar-refractivity contribution in [2.75, 3.05) is 6.54 Å². The zero-order valence-corrected chi connectivity index (χ0v) is 18.9. The van der Waals surface area contributed by atoms with Crippen LogP contribution in [-0.2, 0) is 16.1 Å². The molecule has 4 fully saturated rings. The molecule has 2 aromatic rings. The van der Waals surface area contributed by atoms with Gasteiger partial charge in [-0.25, -0.2) is 0 Å². The first-order valence-electron chi connectivity index (χ1n) is 12.1. The van der Waals surface area contributed by atoms with Crippen LogP contribution < -0.4 is 10.8 Å². The second kappa shape index (κ2) is 8.68. The van der Waals surface area contributed by atoms with Crippen LogP contribution in [0.4, 0.5) is 0 Å². The molecule has 0 unspecified atom stereocenters. The molecule has 5 nitrogen and oxygen atoms in total. The van der Waals surface area contributed by atoms with E-state index in [-0.39, 0.29) is 23.7 Å². The summed E-state index contributed by atoms with van der Waals surface area (Å²) in [4.78, 5) is 30.0. The number of aryl methyl sites for hydroxylation is 1. The molecule has 168 valence electrons. The molecule has 5 heteroatoms. The Bertz CT molecular complexity index is 1030. The van der Waals surface area contributed by atoms with Crippen LogP contribution in [0.3, 0.4) is 0 Å². The van der Waals surface area contributed by atoms with E-state index in [9.17, 15) is 9.59 Å². The zero-order valence-electron chi connectivity index (χ0n) is 18.9. The van der Waals surface area contributed by atoms with Crippen LogP contribution in [-0.4, -0.2) is 22.9 Å². The van der Waals surface area contributed by atoms with E-state index in [4.69, 9.17) is 0 Å². The van der Waals surface area contributed by atoms with Crippen LogP contribution >= 0.6 is 0 Å². The molecule has 0 radical (unpaired) electrons. The first-order valence-corrected chi connectivity index (χ1v) is 12.1. The maximum atomic E-state index is 13.1. The highest BCUT2D eigenvalue weighted by Crippen LogP contribution is 2.60. The Morgan fingerprint density at radius 1 is 1.00 bits per heavy atom. The highest BCUT2D eigenvalue weighted by atomic mass is 16.2. The number of nitrogens with zero attached hydrogens (tertiary/aromatic N) is 2. The van der Waals surface area contributed by atoms with E-state index in [1.54, 1.807) is 0 Å². The molecule has 0 aliphatic heterocycles. The van der Waals surface area contributed by atoms with Gasteiger partial charge in [0.1, 0.15) is 5.49 Å². The normalized spacial score (nSPS) is 28.7. The van der Waals surface area contributed by atoms with E-state index in [0.29, 0.717) is 18.6 Å². The minimum Gasteiger partial charge on any atom is -0.355 e. The largest absolute Gasteiger partial charge is 0.355 e. The van der Waals surface area contributed by atoms with Gasteiger partial charge < -0.3 is 9.88 Å². The van der Waals surface area contributed by atoms with Crippen molar-refractivity contribution >= 4 is 11.8 Å². The van der Waals surface area contributed by atoms with Crippen LogP contribution in [0.15, 0.2) is 53.7 Å². The van der Waals surface area contributed by atoms with Gasteiger partial charge in [-0.2, -0.15) is 4.99 Å². The maximum absolute atomic E-state index is 13.1. The van der Waals surface area contributed by atoms with Gasteiger partial charge in [-0.15, -0.1) is 0 Å². The Kier molecular flexibility index (Phi) is 5.75.